The average molecular weight is 238 g/mol. The molecule has 0 aliphatic heterocycles. The van der Waals surface area contributed by atoms with Crippen molar-refractivity contribution >= 4 is 0 Å². The van der Waals surface area contributed by atoms with E-state index in [1.54, 1.807) is 7.11 Å². The van der Waals surface area contributed by atoms with Crippen molar-refractivity contribution in [3.63, 3.8) is 0 Å². The Balaban J connectivity index is 2.33. The second-order valence-electron chi connectivity index (χ2n) is 4.54. The van der Waals surface area contributed by atoms with E-state index in [1.165, 1.54) is 37.8 Å². The summed E-state index contributed by atoms with van der Waals surface area (Å²) in [6.07, 6.45) is 7.28. The molecule has 0 aliphatic rings. The fraction of sp³-hybridized carbons (Fsp3) is 0.600. The maximum atomic E-state index is 12.8. The third-order valence-corrected chi connectivity index (χ3v) is 3.09. The molecule has 0 radical (unpaired) electrons. The van der Waals surface area contributed by atoms with Gasteiger partial charge in [0.05, 0.1) is 6.10 Å². The molecule has 2 heteroatoms. The van der Waals surface area contributed by atoms with Gasteiger partial charge in [0, 0.05) is 7.11 Å². The Labute approximate surface area is 104 Å². The Bertz CT molecular complexity index is 294. The monoisotopic (exact) mass is 238 g/mol. The molecule has 1 aromatic carbocycles. The van der Waals surface area contributed by atoms with Crippen molar-refractivity contribution in [2.24, 2.45) is 0 Å². The van der Waals surface area contributed by atoms with Crippen LogP contribution in [0.3, 0.4) is 0 Å². The number of methoxy groups -OCH3 is 1. The van der Waals surface area contributed by atoms with Crippen molar-refractivity contribution in [1.29, 1.82) is 0 Å². The zero-order valence-corrected chi connectivity index (χ0v) is 10.9. The van der Waals surface area contributed by atoms with Crippen molar-refractivity contribution in [3.05, 3.63) is 35.6 Å². The second kappa shape index (κ2) is 8.24. The normalized spacial score (nSPS) is 12.6. The predicted molar refractivity (Wildman–Crippen MR) is 69.7 cm³/mol. The second-order valence-corrected chi connectivity index (χ2v) is 4.54. The van der Waals surface area contributed by atoms with E-state index in [0.29, 0.717) is 0 Å². The Morgan fingerprint density at radius 3 is 2.41 bits per heavy atom. The molecule has 1 rings (SSSR count). The first kappa shape index (κ1) is 14.2. The molecule has 0 aromatic heterocycles. The topological polar surface area (TPSA) is 9.23 Å². The van der Waals surface area contributed by atoms with Gasteiger partial charge in [0.1, 0.15) is 5.82 Å². The lowest BCUT2D eigenvalue weighted by Crippen LogP contribution is -2.13. The van der Waals surface area contributed by atoms with E-state index in [1.807, 2.05) is 12.1 Å². The summed E-state index contributed by atoms with van der Waals surface area (Å²) >= 11 is 0. The van der Waals surface area contributed by atoms with E-state index in [9.17, 15) is 4.39 Å². The van der Waals surface area contributed by atoms with E-state index < -0.39 is 0 Å². The van der Waals surface area contributed by atoms with E-state index in [-0.39, 0.29) is 11.9 Å². The number of benzene rings is 1. The quantitative estimate of drug-likeness (QED) is 0.612. The number of unbranched alkanes of at least 4 members (excludes halogenated alkanes) is 3. The molecule has 0 saturated heterocycles. The van der Waals surface area contributed by atoms with Gasteiger partial charge in [-0.1, -0.05) is 44.7 Å². The SMILES string of the molecule is CCCCCCC(Cc1ccc(F)cc1)OC. The number of ether oxygens (including phenoxy) is 1. The summed E-state index contributed by atoms with van der Waals surface area (Å²) in [6.45, 7) is 2.21. The molecule has 0 heterocycles. The van der Waals surface area contributed by atoms with Gasteiger partial charge in [-0.2, -0.15) is 0 Å². The van der Waals surface area contributed by atoms with Crippen LogP contribution in [0.15, 0.2) is 24.3 Å². The molecule has 1 aromatic rings. The van der Waals surface area contributed by atoms with Crippen LogP contribution in [0, 0.1) is 5.82 Å². The highest BCUT2D eigenvalue weighted by molar-refractivity contribution is 5.16. The summed E-state index contributed by atoms with van der Waals surface area (Å²) in [5, 5.41) is 0. The van der Waals surface area contributed by atoms with Gasteiger partial charge in [-0.15, -0.1) is 0 Å². The highest BCUT2D eigenvalue weighted by Gasteiger charge is 2.08. The van der Waals surface area contributed by atoms with Crippen LogP contribution in [0.25, 0.3) is 0 Å². The Morgan fingerprint density at radius 1 is 1.12 bits per heavy atom. The largest absolute Gasteiger partial charge is 0.381 e. The van der Waals surface area contributed by atoms with Gasteiger partial charge in [-0.3, -0.25) is 0 Å². The molecule has 0 spiro atoms. The fourth-order valence-corrected chi connectivity index (χ4v) is 1.99. The first-order valence-electron chi connectivity index (χ1n) is 6.53. The molecule has 0 aliphatic carbocycles. The van der Waals surface area contributed by atoms with Crippen LogP contribution < -0.4 is 0 Å². The van der Waals surface area contributed by atoms with Crippen LogP contribution in [0.2, 0.25) is 0 Å². The minimum Gasteiger partial charge on any atom is -0.381 e. The van der Waals surface area contributed by atoms with E-state index in [2.05, 4.69) is 6.92 Å². The van der Waals surface area contributed by atoms with Crippen molar-refractivity contribution in [3.8, 4) is 0 Å². The smallest absolute Gasteiger partial charge is 0.123 e. The van der Waals surface area contributed by atoms with Crippen molar-refractivity contribution in [2.45, 2.75) is 51.6 Å². The van der Waals surface area contributed by atoms with E-state index in [0.717, 1.165) is 18.4 Å². The molecule has 0 bridgehead atoms. The summed E-state index contributed by atoms with van der Waals surface area (Å²) in [5.41, 5.74) is 1.15. The Morgan fingerprint density at radius 2 is 1.82 bits per heavy atom. The maximum Gasteiger partial charge on any atom is 0.123 e. The minimum atomic E-state index is -0.175. The summed E-state index contributed by atoms with van der Waals surface area (Å²) in [6, 6.07) is 6.71. The summed E-state index contributed by atoms with van der Waals surface area (Å²) in [7, 11) is 1.76. The van der Waals surface area contributed by atoms with Crippen LogP contribution in [-0.4, -0.2) is 13.2 Å². The molecule has 0 saturated carbocycles. The van der Waals surface area contributed by atoms with Crippen molar-refractivity contribution in [1.82, 2.24) is 0 Å². The molecule has 1 atom stereocenters. The van der Waals surface area contributed by atoms with Crippen LogP contribution in [0.1, 0.15) is 44.6 Å². The number of rotatable bonds is 8. The molecule has 1 nitrogen and oxygen atoms in total. The zero-order chi connectivity index (χ0) is 12.5. The van der Waals surface area contributed by atoms with Crippen molar-refractivity contribution < 1.29 is 9.13 Å². The predicted octanol–water partition coefficient (Wildman–Crippen LogP) is 4.35. The molecule has 17 heavy (non-hydrogen) atoms. The lowest BCUT2D eigenvalue weighted by molar-refractivity contribution is 0.0931. The van der Waals surface area contributed by atoms with Crippen molar-refractivity contribution in [2.75, 3.05) is 7.11 Å². The highest BCUT2D eigenvalue weighted by Crippen LogP contribution is 2.13. The van der Waals surface area contributed by atoms with E-state index >= 15 is 0 Å². The number of hydrogen-bond acceptors (Lipinski definition) is 1. The van der Waals surface area contributed by atoms with Gasteiger partial charge in [0.25, 0.3) is 0 Å². The van der Waals surface area contributed by atoms with Gasteiger partial charge in [-0.25, -0.2) is 4.39 Å². The van der Waals surface area contributed by atoms with E-state index in [4.69, 9.17) is 4.74 Å². The lowest BCUT2D eigenvalue weighted by atomic mass is 10.0. The minimum absolute atomic E-state index is 0.175. The molecular weight excluding hydrogens is 215 g/mol. The summed E-state index contributed by atoms with van der Waals surface area (Å²) in [4.78, 5) is 0. The molecule has 0 amide bonds. The highest BCUT2D eigenvalue weighted by atomic mass is 19.1. The third-order valence-electron chi connectivity index (χ3n) is 3.09. The molecule has 0 N–H and O–H groups in total. The van der Waals surface area contributed by atoms with Crippen LogP contribution in [0.5, 0.6) is 0 Å². The van der Waals surface area contributed by atoms with Crippen LogP contribution in [-0.2, 0) is 11.2 Å². The van der Waals surface area contributed by atoms with Gasteiger partial charge in [0.15, 0.2) is 0 Å². The Hall–Kier alpha value is -0.890. The average Bonchev–Trinajstić information content (AvgIpc) is 2.35. The lowest BCUT2D eigenvalue weighted by Gasteiger charge is -2.15. The van der Waals surface area contributed by atoms with Gasteiger partial charge >= 0.3 is 0 Å². The summed E-state index contributed by atoms with van der Waals surface area (Å²) < 4.78 is 18.2. The standard InChI is InChI=1S/C15H23FO/c1-3-4-5-6-7-15(17-2)12-13-8-10-14(16)11-9-13/h8-11,15H,3-7,12H2,1-2H3. The first-order chi connectivity index (χ1) is 8.26. The molecular formula is C15H23FO. The van der Waals surface area contributed by atoms with Crippen LogP contribution >= 0.6 is 0 Å². The van der Waals surface area contributed by atoms with Gasteiger partial charge < -0.3 is 4.74 Å². The maximum absolute atomic E-state index is 12.8. The number of hydrogen-bond donors (Lipinski definition) is 0. The molecule has 96 valence electrons. The molecule has 0 fully saturated rings. The Kier molecular flexibility index (Phi) is 6.87. The van der Waals surface area contributed by atoms with Gasteiger partial charge in [-0.05, 0) is 30.5 Å². The number of halogens is 1. The third kappa shape index (κ3) is 5.83. The van der Waals surface area contributed by atoms with Crippen LogP contribution in [0.4, 0.5) is 4.39 Å². The molecule has 1 unspecified atom stereocenters. The fourth-order valence-electron chi connectivity index (χ4n) is 1.99. The first-order valence-corrected chi connectivity index (χ1v) is 6.53. The summed E-state index contributed by atoms with van der Waals surface area (Å²) in [5.74, 6) is -0.175. The van der Waals surface area contributed by atoms with Gasteiger partial charge in [0.2, 0.25) is 0 Å². The zero-order valence-electron chi connectivity index (χ0n) is 10.9.